The molecular formula is C14H19ClN2O. The number of rotatable bonds is 4. The molecule has 3 nitrogen and oxygen atoms in total. The number of hydrogen-bond donors (Lipinski definition) is 2. The van der Waals surface area contributed by atoms with Gasteiger partial charge in [0.1, 0.15) is 0 Å². The molecule has 0 heterocycles. The summed E-state index contributed by atoms with van der Waals surface area (Å²) in [4.78, 5) is 11.8. The molecule has 1 fully saturated rings. The van der Waals surface area contributed by atoms with Crippen molar-refractivity contribution in [1.29, 1.82) is 0 Å². The number of amides is 1. The van der Waals surface area contributed by atoms with Crippen LogP contribution in [-0.2, 0) is 10.2 Å². The van der Waals surface area contributed by atoms with E-state index in [0.717, 1.165) is 17.9 Å². The molecule has 0 saturated heterocycles. The van der Waals surface area contributed by atoms with Gasteiger partial charge in [0.15, 0.2) is 0 Å². The largest absolute Gasteiger partial charge is 0.354 e. The predicted octanol–water partition coefficient (Wildman–Crippen LogP) is 2.23. The highest BCUT2D eigenvalue weighted by atomic mass is 35.5. The summed E-state index contributed by atoms with van der Waals surface area (Å²) in [6.07, 6.45) is 2.16. The summed E-state index contributed by atoms with van der Waals surface area (Å²) < 4.78 is 0. The van der Waals surface area contributed by atoms with E-state index in [9.17, 15) is 4.79 Å². The van der Waals surface area contributed by atoms with E-state index < -0.39 is 5.54 Å². The van der Waals surface area contributed by atoms with Gasteiger partial charge in [-0.2, -0.15) is 0 Å². The molecule has 0 bridgehead atoms. The minimum Gasteiger partial charge on any atom is -0.354 e. The summed E-state index contributed by atoms with van der Waals surface area (Å²) in [7, 11) is 0. The first-order chi connectivity index (χ1) is 8.33. The van der Waals surface area contributed by atoms with Gasteiger partial charge in [-0.25, -0.2) is 0 Å². The van der Waals surface area contributed by atoms with Gasteiger partial charge in [-0.15, -0.1) is 0 Å². The van der Waals surface area contributed by atoms with E-state index in [1.54, 1.807) is 13.8 Å². The van der Waals surface area contributed by atoms with Gasteiger partial charge < -0.3 is 11.1 Å². The molecule has 0 atom stereocenters. The Morgan fingerprint density at radius 1 is 1.50 bits per heavy atom. The van der Waals surface area contributed by atoms with Crippen molar-refractivity contribution in [3.63, 3.8) is 0 Å². The van der Waals surface area contributed by atoms with Crippen molar-refractivity contribution in [2.45, 2.75) is 37.6 Å². The molecule has 0 radical (unpaired) electrons. The highest BCUT2D eigenvalue weighted by Gasteiger charge is 2.44. The van der Waals surface area contributed by atoms with Crippen LogP contribution in [0, 0.1) is 0 Å². The van der Waals surface area contributed by atoms with E-state index in [1.807, 2.05) is 18.2 Å². The fraction of sp³-hybridized carbons (Fsp3) is 0.500. The lowest BCUT2D eigenvalue weighted by atomic mass is 9.95. The smallest absolute Gasteiger partial charge is 0.239 e. The van der Waals surface area contributed by atoms with E-state index >= 15 is 0 Å². The molecular weight excluding hydrogens is 248 g/mol. The summed E-state index contributed by atoms with van der Waals surface area (Å²) >= 11 is 6.01. The van der Waals surface area contributed by atoms with Gasteiger partial charge in [-0.1, -0.05) is 23.7 Å². The van der Waals surface area contributed by atoms with Gasteiger partial charge >= 0.3 is 0 Å². The molecule has 1 aromatic rings. The van der Waals surface area contributed by atoms with Crippen molar-refractivity contribution in [2.24, 2.45) is 5.73 Å². The average molecular weight is 267 g/mol. The molecule has 0 spiro atoms. The minimum atomic E-state index is -0.829. The number of nitrogens with two attached hydrogens (primary N) is 1. The summed E-state index contributed by atoms with van der Waals surface area (Å²) in [5.74, 6) is -0.115. The van der Waals surface area contributed by atoms with E-state index in [0.29, 0.717) is 6.54 Å². The third-order valence-electron chi connectivity index (χ3n) is 3.46. The second-order valence-electron chi connectivity index (χ2n) is 5.70. The molecule has 1 saturated carbocycles. The van der Waals surface area contributed by atoms with Gasteiger partial charge in [0, 0.05) is 17.0 Å². The zero-order chi connectivity index (χ0) is 13.4. The third kappa shape index (κ3) is 2.85. The second-order valence-corrected chi connectivity index (χ2v) is 6.13. The molecule has 3 N–H and O–H groups in total. The van der Waals surface area contributed by atoms with Crippen LogP contribution in [0.4, 0.5) is 0 Å². The van der Waals surface area contributed by atoms with Gasteiger partial charge in [-0.05, 0) is 44.4 Å². The second kappa shape index (κ2) is 4.56. The van der Waals surface area contributed by atoms with Crippen LogP contribution in [0.15, 0.2) is 24.3 Å². The summed E-state index contributed by atoms with van der Waals surface area (Å²) in [6, 6.07) is 7.86. The van der Waals surface area contributed by atoms with Gasteiger partial charge in [0.2, 0.25) is 5.91 Å². The Morgan fingerprint density at radius 2 is 2.17 bits per heavy atom. The summed E-state index contributed by atoms with van der Waals surface area (Å²) in [5.41, 5.74) is 6.19. The van der Waals surface area contributed by atoms with Crippen molar-refractivity contribution >= 4 is 17.5 Å². The fourth-order valence-corrected chi connectivity index (χ4v) is 2.20. The van der Waals surface area contributed by atoms with Crippen molar-refractivity contribution in [3.8, 4) is 0 Å². The van der Waals surface area contributed by atoms with Crippen molar-refractivity contribution in [2.75, 3.05) is 6.54 Å². The number of carbonyl (C=O) groups is 1. The van der Waals surface area contributed by atoms with Gasteiger partial charge in [0.05, 0.1) is 5.54 Å². The molecule has 2 rings (SSSR count). The quantitative estimate of drug-likeness (QED) is 0.878. The van der Waals surface area contributed by atoms with Crippen LogP contribution in [-0.4, -0.2) is 18.0 Å². The van der Waals surface area contributed by atoms with Crippen molar-refractivity contribution < 1.29 is 4.79 Å². The molecule has 98 valence electrons. The number of halogens is 1. The highest BCUT2D eigenvalue weighted by molar-refractivity contribution is 6.30. The maximum Gasteiger partial charge on any atom is 0.239 e. The molecule has 4 heteroatoms. The average Bonchev–Trinajstić information content (AvgIpc) is 3.05. The standard InChI is InChI=1S/C14H19ClN2O/c1-13(2,16)12(18)17-9-14(6-7-14)10-4-3-5-11(15)8-10/h3-5,8H,6-7,9,16H2,1-2H3,(H,17,18). The predicted molar refractivity (Wildman–Crippen MR) is 73.6 cm³/mol. The van der Waals surface area contributed by atoms with Crippen LogP contribution < -0.4 is 11.1 Å². The normalized spacial score (nSPS) is 17.3. The number of benzene rings is 1. The van der Waals surface area contributed by atoms with Crippen LogP contribution in [0.3, 0.4) is 0 Å². The maximum absolute atomic E-state index is 11.8. The first kappa shape index (κ1) is 13.4. The Balaban J connectivity index is 2.03. The maximum atomic E-state index is 11.8. The lowest BCUT2D eigenvalue weighted by Gasteiger charge is -2.22. The molecule has 18 heavy (non-hydrogen) atoms. The molecule has 1 aliphatic rings. The highest BCUT2D eigenvalue weighted by Crippen LogP contribution is 2.48. The SMILES string of the molecule is CC(C)(N)C(=O)NCC1(c2cccc(Cl)c2)CC1. The number of nitrogens with one attached hydrogen (secondary N) is 1. The van der Waals surface area contributed by atoms with E-state index in [1.165, 1.54) is 5.56 Å². The van der Waals surface area contributed by atoms with E-state index in [-0.39, 0.29) is 11.3 Å². The van der Waals surface area contributed by atoms with Gasteiger partial charge in [0.25, 0.3) is 0 Å². The molecule has 0 unspecified atom stereocenters. The molecule has 0 aliphatic heterocycles. The Morgan fingerprint density at radius 3 is 2.67 bits per heavy atom. The lowest BCUT2D eigenvalue weighted by Crippen LogP contribution is -2.50. The fourth-order valence-electron chi connectivity index (χ4n) is 2.01. The number of carbonyl (C=O) groups excluding carboxylic acids is 1. The third-order valence-corrected chi connectivity index (χ3v) is 3.70. The molecule has 1 aliphatic carbocycles. The van der Waals surface area contributed by atoms with Crippen LogP contribution in [0.1, 0.15) is 32.3 Å². The van der Waals surface area contributed by atoms with Crippen LogP contribution in [0.25, 0.3) is 0 Å². The van der Waals surface area contributed by atoms with E-state index in [4.69, 9.17) is 17.3 Å². The Hall–Kier alpha value is -1.06. The summed E-state index contributed by atoms with van der Waals surface area (Å²) in [5, 5.41) is 3.68. The van der Waals surface area contributed by atoms with Crippen molar-refractivity contribution in [1.82, 2.24) is 5.32 Å². The molecule has 1 aromatic carbocycles. The lowest BCUT2D eigenvalue weighted by molar-refractivity contribution is -0.125. The first-order valence-corrected chi connectivity index (χ1v) is 6.55. The van der Waals surface area contributed by atoms with Crippen LogP contribution in [0.2, 0.25) is 5.02 Å². The zero-order valence-corrected chi connectivity index (χ0v) is 11.6. The van der Waals surface area contributed by atoms with Gasteiger partial charge in [-0.3, -0.25) is 4.79 Å². The van der Waals surface area contributed by atoms with Crippen molar-refractivity contribution in [3.05, 3.63) is 34.9 Å². The number of hydrogen-bond acceptors (Lipinski definition) is 2. The Kier molecular flexibility index (Phi) is 3.39. The van der Waals surface area contributed by atoms with Crippen LogP contribution in [0.5, 0.6) is 0 Å². The topological polar surface area (TPSA) is 55.1 Å². The monoisotopic (exact) mass is 266 g/mol. The minimum absolute atomic E-state index is 0.0613. The summed E-state index contributed by atoms with van der Waals surface area (Å²) in [6.45, 7) is 4.05. The first-order valence-electron chi connectivity index (χ1n) is 6.17. The Bertz CT molecular complexity index is 461. The molecule has 0 aromatic heterocycles. The zero-order valence-electron chi connectivity index (χ0n) is 10.8. The van der Waals surface area contributed by atoms with Crippen LogP contribution >= 0.6 is 11.6 Å². The molecule has 1 amide bonds. The van der Waals surface area contributed by atoms with E-state index in [2.05, 4.69) is 11.4 Å². The Labute approximate surface area is 113 Å².